The molecule has 0 aromatic heterocycles. The zero-order valence-corrected chi connectivity index (χ0v) is 13.8. The standard InChI is InChI=1S/C15H20BrF3N2/c1-3-12-10-21(7-6-20(12)2)13-5-4-11(9-16)14(8-13)15(17,18)19/h4-5,8,12H,3,6-7,9-10H2,1-2H3. The fourth-order valence-electron chi connectivity index (χ4n) is 2.76. The molecule has 1 saturated heterocycles. The van der Waals surface area contributed by atoms with Crippen LogP contribution in [0.15, 0.2) is 18.2 Å². The molecule has 1 aliphatic rings. The average Bonchev–Trinajstić information content (AvgIpc) is 2.46. The molecule has 1 aromatic carbocycles. The maximum atomic E-state index is 13.1. The molecule has 1 heterocycles. The lowest BCUT2D eigenvalue weighted by atomic mass is 10.0. The van der Waals surface area contributed by atoms with Gasteiger partial charge in [-0.3, -0.25) is 4.90 Å². The summed E-state index contributed by atoms with van der Waals surface area (Å²) in [5.74, 6) is 0. The maximum Gasteiger partial charge on any atom is 0.416 e. The highest BCUT2D eigenvalue weighted by Crippen LogP contribution is 2.36. The number of anilines is 1. The first-order valence-corrected chi connectivity index (χ1v) is 8.20. The van der Waals surface area contributed by atoms with Gasteiger partial charge >= 0.3 is 6.18 Å². The molecule has 0 spiro atoms. The lowest BCUT2D eigenvalue weighted by Gasteiger charge is -2.40. The van der Waals surface area contributed by atoms with Crippen LogP contribution in [-0.4, -0.2) is 37.6 Å². The Balaban J connectivity index is 2.28. The molecule has 1 unspecified atom stereocenters. The predicted molar refractivity (Wildman–Crippen MR) is 83.0 cm³/mol. The number of hydrogen-bond acceptors (Lipinski definition) is 2. The van der Waals surface area contributed by atoms with Crippen molar-refractivity contribution in [3.63, 3.8) is 0 Å². The molecular formula is C15H20BrF3N2. The Morgan fingerprint density at radius 2 is 2.00 bits per heavy atom. The Morgan fingerprint density at radius 1 is 1.29 bits per heavy atom. The van der Waals surface area contributed by atoms with E-state index in [2.05, 4.69) is 39.7 Å². The van der Waals surface area contributed by atoms with Crippen molar-refractivity contribution in [2.75, 3.05) is 31.6 Å². The minimum atomic E-state index is -4.31. The number of piperazine rings is 1. The molecule has 2 rings (SSSR count). The predicted octanol–water partition coefficient (Wildman–Crippen LogP) is 4.13. The van der Waals surface area contributed by atoms with E-state index in [1.54, 1.807) is 12.1 Å². The highest BCUT2D eigenvalue weighted by molar-refractivity contribution is 9.08. The summed E-state index contributed by atoms with van der Waals surface area (Å²) in [5, 5.41) is 0.211. The summed E-state index contributed by atoms with van der Waals surface area (Å²) in [6.45, 7) is 4.52. The highest BCUT2D eigenvalue weighted by atomic mass is 79.9. The third-order valence-electron chi connectivity index (χ3n) is 4.16. The molecule has 0 aliphatic carbocycles. The van der Waals surface area contributed by atoms with Gasteiger partial charge in [0.25, 0.3) is 0 Å². The van der Waals surface area contributed by atoms with Gasteiger partial charge in [-0.1, -0.05) is 28.9 Å². The third kappa shape index (κ3) is 3.72. The lowest BCUT2D eigenvalue weighted by molar-refractivity contribution is -0.138. The maximum absolute atomic E-state index is 13.1. The summed E-state index contributed by atoms with van der Waals surface area (Å²) in [6.07, 6.45) is -3.31. The second-order valence-corrected chi connectivity index (χ2v) is 6.02. The number of halogens is 4. The summed E-state index contributed by atoms with van der Waals surface area (Å²) < 4.78 is 39.4. The molecule has 1 aliphatic heterocycles. The van der Waals surface area contributed by atoms with Gasteiger partial charge in [-0.15, -0.1) is 0 Å². The van der Waals surface area contributed by atoms with E-state index in [0.29, 0.717) is 11.7 Å². The van der Waals surface area contributed by atoms with Crippen LogP contribution in [0.3, 0.4) is 0 Å². The van der Waals surface area contributed by atoms with Gasteiger partial charge in [-0.05, 0) is 31.2 Å². The second-order valence-electron chi connectivity index (χ2n) is 5.46. The first kappa shape index (κ1) is 16.6. The quantitative estimate of drug-likeness (QED) is 0.744. The minimum absolute atomic E-state index is 0.211. The zero-order valence-electron chi connectivity index (χ0n) is 12.3. The molecule has 118 valence electrons. The van der Waals surface area contributed by atoms with Gasteiger partial charge in [-0.2, -0.15) is 13.2 Å². The third-order valence-corrected chi connectivity index (χ3v) is 4.76. The zero-order chi connectivity index (χ0) is 15.6. The number of rotatable bonds is 3. The molecular weight excluding hydrogens is 345 g/mol. The number of likely N-dealkylation sites (N-methyl/N-ethyl adjacent to an activating group) is 1. The summed E-state index contributed by atoms with van der Waals surface area (Å²) in [4.78, 5) is 4.33. The van der Waals surface area contributed by atoms with Crippen LogP contribution in [0.25, 0.3) is 0 Å². The van der Waals surface area contributed by atoms with E-state index in [1.165, 1.54) is 6.07 Å². The van der Waals surface area contributed by atoms with Gasteiger partial charge in [0, 0.05) is 36.7 Å². The molecule has 1 atom stereocenters. The van der Waals surface area contributed by atoms with Crippen molar-refractivity contribution in [1.82, 2.24) is 4.90 Å². The normalized spacial score (nSPS) is 20.9. The Labute approximate surface area is 132 Å². The van der Waals surface area contributed by atoms with Crippen molar-refractivity contribution in [3.05, 3.63) is 29.3 Å². The lowest BCUT2D eigenvalue weighted by Crippen LogP contribution is -2.51. The highest BCUT2D eigenvalue weighted by Gasteiger charge is 2.34. The molecule has 0 bridgehead atoms. The van der Waals surface area contributed by atoms with Crippen LogP contribution < -0.4 is 4.90 Å². The Kier molecular flexibility index (Phi) is 5.20. The van der Waals surface area contributed by atoms with Gasteiger partial charge in [0.1, 0.15) is 0 Å². The first-order chi connectivity index (χ1) is 9.86. The largest absolute Gasteiger partial charge is 0.416 e. The van der Waals surface area contributed by atoms with Crippen LogP contribution >= 0.6 is 15.9 Å². The molecule has 0 amide bonds. The summed E-state index contributed by atoms with van der Waals surface area (Å²) in [7, 11) is 2.07. The van der Waals surface area contributed by atoms with E-state index in [0.717, 1.165) is 26.1 Å². The molecule has 6 heteroatoms. The topological polar surface area (TPSA) is 6.48 Å². The van der Waals surface area contributed by atoms with Crippen LogP contribution in [0.2, 0.25) is 0 Å². The summed E-state index contributed by atoms with van der Waals surface area (Å²) in [5.41, 5.74) is 0.412. The smallest absolute Gasteiger partial charge is 0.369 e. The van der Waals surface area contributed by atoms with Gasteiger partial charge < -0.3 is 4.90 Å². The van der Waals surface area contributed by atoms with Gasteiger partial charge in [-0.25, -0.2) is 0 Å². The monoisotopic (exact) mass is 364 g/mol. The van der Waals surface area contributed by atoms with Crippen LogP contribution in [0, 0.1) is 0 Å². The first-order valence-electron chi connectivity index (χ1n) is 7.08. The number of hydrogen-bond donors (Lipinski definition) is 0. The Bertz CT molecular complexity index is 490. The fraction of sp³-hybridized carbons (Fsp3) is 0.600. The van der Waals surface area contributed by atoms with E-state index in [-0.39, 0.29) is 10.9 Å². The molecule has 21 heavy (non-hydrogen) atoms. The van der Waals surface area contributed by atoms with Crippen LogP contribution in [-0.2, 0) is 11.5 Å². The van der Waals surface area contributed by atoms with E-state index in [1.807, 2.05) is 0 Å². The number of benzene rings is 1. The van der Waals surface area contributed by atoms with Crippen molar-refractivity contribution >= 4 is 21.6 Å². The van der Waals surface area contributed by atoms with Crippen molar-refractivity contribution in [1.29, 1.82) is 0 Å². The molecule has 0 radical (unpaired) electrons. The Hall–Kier alpha value is -0.750. The van der Waals surface area contributed by atoms with Gasteiger partial charge in [0.2, 0.25) is 0 Å². The van der Waals surface area contributed by atoms with Crippen molar-refractivity contribution in [2.45, 2.75) is 30.9 Å². The molecule has 0 saturated carbocycles. The summed E-state index contributed by atoms with van der Waals surface area (Å²) >= 11 is 3.13. The molecule has 1 aromatic rings. The van der Waals surface area contributed by atoms with Gasteiger partial charge in [0.15, 0.2) is 0 Å². The van der Waals surface area contributed by atoms with Crippen LogP contribution in [0.5, 0.6) is 0 Å². The minimum Gasteiger partial charge on any atom is -0.369 e. The van der Waals surface area contributed by atoms with Crippen molar-refractivity contribution < 1.29 is 13.2 Å². The SMILES string of the molecule is CCC1CN(c2ccc(CBr)c(C(F)(F)F)c2)CCN1C. The molecule has 1 fully saturated rings. The summed E-state index contributed by atoms with van der Waals surface area (Å²) in [6, 6.07) is 5.05. The van der Waals surface area contributed by atoms with Gasteiger partial charge in [0.05, 0.1) is 5.56 Å². The Morgan fingerprint density at radius 3 is 2.57 bits per heavy atom. The second kappa shape index (κ2) is 6.57. The van der Waals surface area contributed by atoms with Crippen LogP contribution in [0.1, 0.15) is 24.5 Å². The molecule has 0 N–H and O–H groups in total. The average molecular weight is 365 g/mol. The van der Waals surface area contributed by atoms with E-state index < -0.39 is 11.7 Å². The van der Waals surface area contributed by atoms with Crippen LogP contribution in [0.4, 0.5) is 18.9 Å². The van der Waals surface area contributed by atoms with Crippen molar-refractivity contribution in [3.8, 4) is 0 Å². The van der Waals surface area contributed by atoms with Crippen molar-refractivity contribution in [2.24, 2.45) is 0 Å². The van der Waals surface area contributed by atoms with E-state index in [9.17, 15) is 13.2 Å². The fourth-order valence-corrected chi connectivity index (χ4v) is 3.25. The molecule has 2 nitrogen and oxygen atoms in total. The number of nitrogens with zero attached hydrogens (tertiary/aromatic N) is 2. The van der Waals surface area contributed by atoms with E-state index >= 15 is 0 Å². The van der Waals surface area contributed by atoms with E-state index in [4.69, 9.17) is 0 Å². The number of alkyl halides is 4.